The Morgan fingerprint density at radius 1 is 1.06 bits per heavy atom. The first-order valence-electron chi connectivity index (χ1n) is 11.3. The molecular weight excluding hydrogens is 474 g/mol. The van der Waals surface area contributed by atoms with E-state index in [-0.39, 0.29) is 27.8 Å². The molecule has 3 aromatic carbocycles. The van der Waals surface area contributed by atoms with E-state index in [4.69, 9.17) is 0 Å². The van der Waals surface area contributed by atoms with E-state index in [9.17, 15) is 22.7 Å². The van der Waals surface area contributed by atoms with E-state index in [2.05, 4.69) is 0 Å². The highest BCUT2D eigenvalue weighted by molar-refractivity contribution is 7.89. The summed E-state index contributed by atoms with van der Waals surface area (Å²) in [4.78, 5) is 13.1. The summed E-state index contributed by atoms with van der Waals surface area (Å²) in [5.74, 6) is -3.20. The number of nitrogens with zero attached hydrogens (tertiary/aromatic N) is 2. The summed E-state index contributed by atoms with van der Waals surface area (Å²) < 4.78 is 58.2. The molecule has 1 aliphatic heterocycles. The molecule has 0 aromatic heterocycles. The van der Waals surface area contributed by atoms with Crippen LogP contribution in [0, 0.1) is 11.6 Å². The molecule has 4 rings (SSSR count). The number of aromatic carboxylic acids is 1. The van der Waals surface area contributed by atoms with Crippen molar-refractivity contribution in [3.63, 3.8) is 0 Å². The smallest absolute Gasteiger partial charge is 0.338 e. The van der Waals surface area contributed by atoms with Crippen LogP contribution in [0.2, 0.25) is 0 Å². The number of anilines is 2. The SMILES string of the molecule is CCCC[C@@H]1CN(c2ccccc2)c2cc(F)c(-c3ccc(F)c(C(=O)O)c3)cc2S(=O)(=O)N1C. The molecule has 1 N–H and O–H groups in total. The topological polar surface area (TPSA) is 77.9 Å². The number of halogens is 2. The molecule has 0 unspecified atom stereocenters. The van der Waals surface area contributed by atoms with Crippen LogP contribution in [0.1, 0.15) is 36.5 Å². The molecular formula is C26H26F2N2O4S. The summed E-state index contributed by atoms with van der Waals surface area (Å²) in [6.45, 7) is 2.37. The second-order valence-electron chi connectivity index (χ2n) is 8.56. The number of likely N-dealkylation sites (N-methyl/N-ethyl adjacent to an activating group) is 1. The van der Waals surface area contributed by atoms with Crippen molar-refractivity contribution in [1.29, 1.82) is 0 Å². The first kappa shape index (κ1) is 24.8. The summed E-state index contributed by atoms with van der Waals surface area (Å²) in [6.07, 6.45) is 2.37. The maximum absolute atomic E-state index is 15.5. The summed E-state index contributed by atoms with van der Waals surface area (Å²) in [7, 11) is -2.50. The zero-order chi connectivity index (χ0) is 25.3. The molecule has 1 aliphatic rings. The molecule has 35 heavy (non-hydrogen) atoms. The minimum absolute atomic E-state index is 0.0694. The molecule has 9 heteroatoms. The van der Waals surface area contributed by atoms with Crippen molar-refractivity contribution in [3.05, 3.63) is 77.9 Å². The number of hydrogen-bond donors (Lipinski definition) is 1. The van der Waals surface area contributed by atoms with E-state index in [0.717, 1.165) is 36.7 Å². The Bertz CT molecular complexity index is 1360. The van der Waals surface area contributed by atoms with E-state index >= 15 is 4.39 Å². The van der Waals surface area contributed by atoms with Gasteiger partial charge in [0.25, 0.3) is 0 Å². The predicted molar refractivity (Wildman–Crippen MR) is 130 cm³/mol. The normalized spacial score (nSPS) is 17.6. The number of rotatable bonds is 6. The third-order valence-corrected chi connectivity index (χ3v) is 8.31. The molecule has 0 saturated carbocycles. The van der Waals surface area contributed by atoms with E-state index in [1.54, 1.807) is 4.90 Å². The Kier molecular flexibility index (Phi) is 6.91. The highest BCUT2D eigenvalue weighted by Gasteiger charge is 2.37. The number of carbonyl (C=O) groups is 1. The van der Waals surface area contributed by atoms with Gasteiger partial charge in [0.2, 0.25) is 10.0 Å². The minimum Gasteiger partial charge on any atom is -0.478 e. The van der Waals surface area contributed by atoms with Crippen molar-refractivity contribution in [2.75, 3.05) is 18.5 Å². The van der Waals surface area contributed by atoms with Crippen molar-refractivity contribution in [3.8, 4) is 11.1 Å². The lowest BCUT2D eigenvalue weighted by Gasteiger charge is -2.29. The minimum atomic E-state index is -4.02. The lowest BCUT2D eigenvalue weighted by atomic mass is 10.0. The van der Waals surface area contributed by atoms with E-state index in [0.29, 0.717) is 13.0 Å². The van der Waals surface area contributed by atoms with Gasteiger partial charge in [0.15, 0.2) is 0 Å². The van der Waals surface area contributed by atoms with Crippen molar-refractivity contribution in [2.45, 2.75) is 37.1 Å². The Morgan fingerprint density at radius 2 is 1.77 bits per heavy atom. The fourth-order valence-electron chi connectivity index (χ4n) is 4.38. The molecule has 3 aromatic rings. The number of hydrogen-bond acceptors (Lipinski definition) is 4. The lowest BCUT2D eigenvalue weighted by molar-refractivity contribution is 0.0692. The van der Waals surface area contributed by atoms with Crippen molar-refractivity contribution in [2.24, 2.45) is 0 Å². The molecule has 0 bridgehead atoms. The summed E-state index contributed by atoms with van der Waals surface area (Å²) in [5, 5.41) is 9.27. The molecule has 0 spiro atoms. The van der Waals surface area contributed by atoms with Gasteiger partial charge in [0.1, 0.15) is 16.5 Å². The van der Waals surface area contributed by atoms with Gasteiger partial charge >= 0.3 is 5.97 Å². The molecule has 0 aliphatic carbocycles. The monoisotopic (exact) mass is 500 g/mol. The highest BCUT2D eigenvalue weighted by Crippen LogP contribution is 2.41. The number of para-hydroxylation sites is 1. The van der Waals surface area contributed by atoms with Crippen LogP contribution < -0.4 is 4.90 Å². The lowest BCUT2D eigenvalue weighted by Crippen LogP contribution is -2.40. The Morgan fingerprint density at radius 3 is 2.43 bits per heavy atom. The van der Waals surface area contributed by atoms with Gasteiger partial charge in [-0.1, -0.05) is 44.0 Å². The maximum Gasteiger partial charge on any atom is 0.338 e. The zero-order valence-electron chi connectivity index (χ0n) is 19.4. The van der Waals surface area contributed by atoms with Gasteiger partial charge in [-0.05, 0) is 48.4 Å². The summed E-state index contributed by atoms with van der Waals surface area (Å²) >= 11 is 0. The van der Waals surface area contributed by atoms with Crippen LogP contribution in [0.3, 0.4) is 0 Å². The maximum atomic E-state index is 15.5. The number of carboxylic acids is 1. The Labute approximate surface area is 203 Å². The zero-order valence-corrected chi connectivity index (χ0v) is 20.2. The van der Waals surface area contributed by atoms with Gasteiger partial charge in [0, 0.05) is 30.9 Å². The Hall–Kier alpha value is -3.30. The molecule has 184 valence electrons. The Balaban J connectivity index is 1.95. The third-order valence-electron chi connectivity index (χ3n) is 6.37. The second-order valence-corrected chi connectivity index (χ2v) is 10.5. The number of unbranched alkanes of at least 4 members (excludes halogenated alkanes) is 1. The van der Waals surface area contributed by atoms with Crippen molar-refractivity contribution < 1.29 is 27.1 Å². The van der Waals surface area contributed by atoms with Crippen molar-refractivity contribution >= 4 is 27.4 Å². The van der Waals surface area contributed by atoms with Crippen LogP contribution in [0.15, 0.2) is 65.6 Å². The van der Waals surface area contributed by atoms with Crippen molar-refractivity contribution in [1.82, 2.24) is 4.31 Å². The van der Waals surface area contributed by atoms with Gasteiger partial charge in [-0.15, -0.1) is 0 Å². The average Bonchev–Trinajstić information content (AvgIpc) is 2.91. The number of carboxylic acid groups (broad SMARTS) is 1. The molecule has 0 saturated heterocycles. The number of fused-ring (bicyclic) bond motifs is 1. The van der Waals surface area contributed by atoms with E-state index < -0.39 is 33.2 Å². The number of sulfonamides is 1. The third kappa shape index (κ3) is 4.66. The molecule has 1 heterocycles. The van der Waals surface area contributed by atoms with Gasteiger partial charge < -0.3 is 10.0 Å². The standard InChI is InChI=1S/C26H26F2N2O4S/c1-3-4-8-19-16-30(18-9-6-5-7-10-18)24-15-23(28)20(14-25(24)35(33,34)29(19)2)17-11-12-22(27)21(13-17)26(31)32/h5-7,9-15,19H,3-4,8,16H2,1-2H3,(H,31,32)/t19-/m1/s1. The summed E-state index contributed by atoms with van der Waals surface area (Å²) in [5.41, 5.74) is 0.248. The number of benzene rings is 3. The van der Waals surface area contributed by atoms with Gasteiger partial charge in [-0.25, -0.2) is 22.0 Å². The van der Waals surface area contributed by atoms with Gasteiger partial charge in [0.05, 0.1) is 11.3 Å². The molecule has 0 radical (unpaired) electrons. The first-order valence-corrected chi connectivity index (χ1v) is 12.8. The second kappa shape index (κ2) is 9.75. The molecule has 6 nitrogen and oxygen atoms in total. The predicted octanol–water partition coefficient (Wildman–Crippen LogP) is 5.66. The summed E-state index contributed by atoms with van der Waals surface area (Å²) in [6, 6.07) is 14.4. The average molecular weight is 501 g/mol. The molecule has 0 amide bonds. The largest absolute Gasteiger partial charge is 0.478 e. The fraction of sp³-hybridized carbons (Fsp3) is 0.269. The first-order chi connectivity index (χ1) is 16.6. The molecule has 0 fully saturated rings. The fourth-order valence-corrected chi connectivity index (χ4v) is 5.95. The quantitative estimate of drug-likeness (QED) is 0.473. The van der Waals surface area contributed by atoms with Crippen LogP contribution in [0.4, 0.5) is 20.2 Å². The highest BCUT2D eigenvalue weighted by atomic mass is 32.2. The van der Waals surface area contributed by atoms with Gasteiger partial charge in [-0.3, -0.25) is 0 Å². The van der Waals surface area contributed by atoms with Crippen LogP contribution in [0.5, 0.6) is 0 Å². The van der Waals surface area contributed by atoms with Gasteiger partial charge in [-0.2, -0.15) is 4.31 Å². The van der Waals surface area contributed by atoms with E-state index in [1.165, 1.54) is 23.5 Å². The molecule has 1 atom stereocenters. The van der Waals surface area contributed by atoms with E-state index in [1.807, 2.05) is 37.3 Å². The van der Waals surface area contributed by atoms with Crippen LogP contribution >= 0.6 is 0 Å². The van der Waals surface area contributed by atoms with Crippen LogP contribution in [-0.4, -0.2) is 43.4 Å². The van der Waals surface area contributed by atoms with Crippen LogP contribution in [0.25, 0.3) is 11.1 Å². The van der Waals surface area contributed by atoms with Crippen LogP contribution in [-0.2, 0) is 10.0 Å².